The Morgan fingerprint density at radius 1 is 1.08 bits per heavy atom. The molecule has 4 atom stereocenters. The maximum atomic E-state index is 13.3. The van der Waals surface area contributed by atoms with Crippen LogP contribution < -0.4 is 4.74 Å². The first-order chi connectivity index (χ1) is 17.8. The van der Waals surface area contributed by atoms with Crippen LogP contribution in [0.5, 0.6) is 5.75 Å². The average molecular weight is 513 g/mol. The quantitative estimate of drug-likeness (QED) is 0.0989. The molecule has 11 heteroatoms. The van der Waals surface area contributed by atoms with Gasteiger partial charge in [0.1, 0.15) is 12.2 Å². The van der Waals surface area contributed by atoms with E-state index in [1.54, 1.807) is 6.07 Å². The number of carbonyl (C=O) groups excluding carboxylic acids is 1. The molecular weight excluding hydrogens is 486 g/mol. The molecule has 0 radical (unpaired) electrons. The molecule has 1 aliphatic rings. The van der Waals surface area contributed by atoms with Crippen LogP contribution in [0.25, 0.3) is 32.4 Å². The summed E-state index contributed by atoms with van der Waals surface area (Å²) in [6, 6.07) is 15.4. The number of benzene rings is 3. The minimum atomic E-state index is -2.50. The number of rotatable bonds is 8. The minimum Gasteiger partial charge on any atom is -0.422 e. The summed E-state index contributed by atoms with van der Waals surface area (Å²) in [7, 11) is 0. The smallest absolute Gasteiger partial charge is 0.343 e. The molecule has 0 bridgehead atoms. The van der Waals surface area contributed by atoms with Gasteiger partial charge in [-0.1, -0.05) is 30.3 Å². The highest BCUT2D eigenvalue weighted by molar-refractivity contribution is 6.14. The maximum absolute atomic E-state index is 13.3. The molecule has 4 unspecified atom stereocenters. The van der Waals surface area contributed by atoms with E-state index in [2.05, 4.69) is 4.98 Å². The van der Waals surface area contributed by atoms with Crippen LogP contribution >= 0.6 is 0 Å². The van der Waals surface area contributed by atoms with Crippen molar-refractivity contribution in [1.29, 1.82) is 0 Å². The van der Waals surface area contributed by atoms with Crippen LogP contribution in [0.2, 0.25) is 0 Å². The van der Waals surface area contributed by atoms with Crippen LogP contribution in [0.1, 0.15) is 12.1 Å². The predicted molar refractivity (Wildman–Crippen MR) is 130 cm³/mol. The Labute approximate surface area is 210 Å². The van der Waals surface area contributed by atoms with E-state index in [0.717, 1.165) is 21.5 Å². The number of hydrogen-bond acceptors (Lipinski definition) is 10. The summed E-state index contributed by atoms with van der Waals surface area (Å²) < 4.78 is 16.4. The lowest BCUT2D eigenvalue weighted by Crippen LogP contribution is -2.47. The highest BCUT2D eigenvalue weighted by Gasteiger charge is 2.57. The highest BCUT2D eigenvalue weighted by atomic mass is 16.7. The fourth-order valence-corrected chi connectivity index (χ4v) is 4.70. The monoisotopic (exact) mass is 513 g/mol. The molecule has 37 heavy (non-hydrogen) atoms. The number of carbonyl (C=O) groups is 1. The van der Waals surface area contributed by atoms with Gasteiger partial charge in [0.25, 0.3) is 0 Å². The fourth-order valence-electron chi connectivity index (χ4n) is 4.70. The second kappa shape index (κ2) is 9.97. The standard InChI is InChI=1S/C26H27NO10/c28-11-18-21(20-16-10-14-4-2-1-3-13(14)9-15(16)5-6-17(20)27-18)36-25(33)23-22(35-8-7-19(30)31)24(32)26(34,12-29)37-23/h1-6,9-10,19,22-24,27-32,34H,7-8,11-12H2. The topological polar surface area (TPSA) is 182 Å². The van der Waals surface area contributed by atoms with Gasteiger partial charge >= 0.3 is 5.97 Å². The normalized spacial score (nSPS) is 24.0. The van der Waals surface area contributed by atoms with Gasteiger partial charge in [0.15, 0.2) is 18.1 Å². The summed E-state index contributed by atoms with van der Waals surface area (Å²) >= 11 is 0. The number of fused-ring (bicyclic) bond motifs is 4. The van der Waals surface area contributed by atoms with Gasteiger partial charge in [-0.2, -0.15) is 0 Å². The first-order valence-electron chi connectivity index (χ1n) is 11.7. The van der Waals surface area contributed by atoms with Crippen LogP contribution in [0.4, 0.5) is 0 Å². The van der Waals surface area contributed by atoms with Crippen LogP contribution in [0, 0.1) is 0 Å². The van der Waals surface area contributed by atoms with E-state index in [1.807, 2.05) is 42.5 Å². The molecule has 4 aromatic rings. The lowest BCUT2D eigenvalue weighted by Gasteiger charge is -2.23. The Kier molecular flexibility index (Phi) is 6.88. The number of aromatic nitrogens is 1. The van der Waals surface area contributed by atoms with Gasteiger partial charge in [-0.15, -0.1) is 0 Å². The number of aliphatic hydroxyl groups is 6. The van der Waals surface area contributed by atoms with Crippen molar-refractivity contribution in [3.8, 4) is 5.75 Å². The molecule has 0 spiro atoms. The van der Waals surface area contributed by atoms with Crippen molar-refractivity contribution in [2.75, 3.05) is 13.2 Å². The summed E-state index contributed by atoms with van der Waals surface area (Å²) in [5.74, 6) is -3.51. The van der Waals surface area contributed by atoms with Gasteiger partial charge in [0.2, 0.25) is 5.79 Å². The number of nitrogens with one attached hydrogen (secondary N) is 1. The number of aliphatic hydroxyl groups excluding tert-OH is 4. The van der Waals surface area contributed by atoms with Gasteiger partial charge in [-0.3, -0.25) is 0 Å². The summed E-state index contributed by atoms with van der Waals surface area (Å²) in [5.41, 5.74) is 0.833. The molecule has 1 saturated heterocycles. The van der Waals surface area contributed by atoms with Crippen LogP contribution in [0.15, 0.2) is 48.5 Å². The molecule has 1 aliphatic heterocycles. The molecule has 2 heterocycles. The molecule has 3 aromatic carbocycles. The van der Waals surface area contributed by atoms with E-state index < -0.39 is 49.6 Å². The molecule has 196 valence electrons. The summed E-state index contributed by atoms with van der Waals surface area (Å²) in [5, 5.41) is 62.8. The molecule has 7 N–H and O–H groups in total. The molecule has 0 aliphatic carbocycles. The average Bonchev–Trinajstić information content (AvgIpc) is 3.37. The third-order valence-electron chi connectivity index (χ3n) is 6.58. The van der Waals surface area contributed by atoms with Gasteiger partial charge in [0, 0.05) is 6.42 Å². The fraction of sp³-hybridized carbons (Fsp3) is 0.346. The number of H-pyrrole nitrogens is 1. The van der Waals surface area contributed by atoms with Crippen molar-refractivity contribution in [1.82, 2.24) is 4.98 Å². The number of aromatic amines is 1. The van der Waals surface area contributed by atoms with Crippen LogP contribution in [0.3, 0.4) is 0 Å². The Bertz CT molecular complexity index is 1450. The van der Waals surface area contributed by atoms with Crippen molar-refractivity contribution >= 4 is 38.4 Å². The van der Waals surface area contributed by atoms with Crippen LogP contribution in [-0.2, 0) is 20.9 Å². The SMILES string of the molecule is O=C(Oc1c(CO)[nH]c2ccc3cc4ccccc4cc3c12)C1OC(O)(CO)C(O)C1OCCC(O)O. The molecule has 1 fully saturated rings. The Morgan fingerprint density at radius 2 is 1.81 bits per heavy atom. The zero-order valence-electron chi connectivity index (χ0n) is 19.6. The molecular formula is C26H27NO10. The van der Waals surface area contributed by atoms with Gasteiger partial charge in [-0.05, 0) is 39.7 Å². The predicted octanol–water partition coefficient (Wildman–Crippen LogP) is 0.399. The minimum absolute atomic E-state index is 0.0467. The van der Waals surface area contributed by atoms with E-state index in [9.17, 15) is 25.2 Å². The largest absolute Gasteiger partial charge is 0.422 e. The van der Waals surface area contributed by atoms with Crippen molar-refractivity contribution in [3.63, 3.8) is 0 Å². The maximum Gasteiger partial charge on any atom is 0.343 e. The number of esters is 1. The first-order valence-corrected chi connectivity index (χ1v) is 11.7. The van der Waals surface area contributed by atoms with Gasteiger partial charge in [-0.25, -0.2) is 4.79 Å². The van der Waals surface area contributed by atoms with E-state index in [0.29, 0.717) is 10.9 Å². The molecule has 0 amide bonds. The first kappa shape index (κ1) is 25.5. The van der Waals surface area contributed by atoms with Crippen molar-refractivity contribution in [2.24, 2.45) is 0 Å². The molecule has 1 aromatic heterocycles. The lowest BCUT2D eigenvalue weighted by atomic mass is 10.0. The number of ether oxygens (including phenoxy) is 3. The summed E-state index contributed by atoms with van der Waals surface area (Å²) in [6.07, 6.45) is -6.91. The zero-order chi connectivity index (χ0) is 26.3. The second-order valence-corrected chi connectivity index (χ2v) is 9.01. The van der Waals surface area contributed by atoms with Crippen molar-refractivity contribution < 1.29 is 49.6 Å². The van der Waals surface area contributed by atoms with E-state index in [4.69, 9.17) is 24.4 Å². The van der Waals surface area contributed by atoms with E-state index >= 15 is 0 Å². The summed E-state index contributed by atoms with van der Waals surface area (Å²) in [6.45, 7) is -1.80. The van der Waals surface area contributed by atoms with Crippen LogP contribution in [-0.4, -0.2) is 85.2 Å². The Balaban J connectivity index is 1.54. The van der Waals surface area contributed by atoms with Crippen molar-refractivity contribution in [2.45, 2.75) is 43.4 Å². The second-order valence-electron chi connectivity index (χ2n) is 9.01. The molecule has 5 rings (SSSR count). The zero-order valence-corrected chi connectivity index (χ0v) is 19.6. The number of hydrogen-bond donors (Lipinski definition) is 7. The third-order valence-corrected chi connectivity index (χ3v) is 6.58. The lowest BCUT2D eigenvalue weighted by molar-refractivity contribution is -0.246. The third kappa shape index (κ3) is 4.56. The Hall–Kier alpha value is -3.13. The summed E-state index contributed by atoms with van der Waals surface area (Å²) in [4.78, 5) is 16.4. The van der Waals surface area contributed by atoms with Gasteiger partial charge in [0.05, 0.1) is 36.4 Å². The highest BCUT2D eigenvalue weighted by Crippen LogP contribution is 2.39. The van der Waals surface area contributed by atoms with Crippen molar-refractivity contribution in [3.05, 3.63) is 54.2 Å². The van der Waals surface area contributed by atoms with E-state index in [-0.39, 0.29) is 24.5 Å². The molecule has 11 nitrogen and oxygen atoms in total. The Morgan fingerprint density at radius 3 is 2.49 bits per heavy atom. The van der Waals surface area contributed by atoms with E-state index in [1.165, 1.54) is 0 Å². The van der Waals surface area contributed by atoms with Gasteiger partial charge < -0.3 is 49.8 Å². The molecule has 0 saturated carbocycles.